The Balaban J connectivity index is 1.91. The quantitative estimate of drug-likeness (QED) is 0.643. The number of non-ortho nitro benzene ring substituents is 1. The molecule has 0 radical (unpaired) electrons. The summed E-state index contributed by atoms with van der Waals surface area (Å²) in [7, 11) is 0. The molecule has 1 aromatic heterocycles. The van der Waals surface area contributed by atoms with Gasteiger partial charge in [-0.25, -0.2) is 0 Å². The van der Waals surface area contributed by atoms with Crippen molar-refractivity contribution in [1.29, 1.82) is 0 Å². The van der Waals surface area contributed by atoms with Crippen LogP contribution in [0, 0.1) is 15.5 Å². The van der Waals surface area contributed by atoms with Crippen molar-refractivity contribution in [3.05, 3.63) is 57.0 Å². The Kier molecular flexibility index (Phi) is 4.35. The number of Topliss-reactive ketones (excluding diaryl/α,β-unsaturated/α-hetero) is 1. The van der Waals surface area contributed by atoms with E-state index >= 15 is 0 Å². The van der Waals surface area contributed by atoms with Gasteiger partial charge in [-0.05, 0) is 11.0 Å². The Morgan fingerprint density at radius 2 is 2.00 bits per heavy atom. The van der Waals surface area contributed by atoms with Crippen LogP contribution in [0.5, 0.6) is 0 Å². The lowest BCUT2D eigenvalue weighted by molar-refractivity contribution is -0.384. The van der Waals surface area contributed by atoms with E-state index in [-0.39, 0.29) is 23.3 Å². The first-order valence-electron chi connectivity index (χ1n) is 8.16. The molecule has 2 aromatic rings. The lowest BCUT2D eigenvalue weighted by Gasteiger charge is -2.26. The predicted molar refractivity (Wildman–Crippen MR) is 90.1 cm³/mol. The highest BCUT2D eigenvalue weighted by molar-refractivity contribution is 5.99. The summed E-state index contributed by atoms with van der Waals surface area (Å²) in [4.78, 5) is 34.4. The molecule has 1 aliphatic rings. The molecule has 1 N–H and O–H groups in total. The first kappa shape index (κ1) is 17.8. The summed E-state index contributed by atoms with van der Waals surface area (Å²) in [6, 6.07) is 5.34. The molecule has 8 heteroatoms. The molecule has 8 nitrogen and oxygen atoms in total. The first-order valence-corrected chi connectivity index (χ1v) is 8.16. The number of nitrogens with zero attached hydrogens (tertiary/aromatic N) is 2. The van der Waals surface area contributed by atoms with Crippen molar-refractivity contribution in [2.24, 2.45) is 5.41 Å². The smallest absolute Gasteiger partial charge is 0.311 e. The molecule has 3 rings (SSSR count). The highest BCUT2D eigenvalue weighted by Gasteiger charge is 2.37. The van der Waals surface area contributed by atoms with Crippen LogP contribution in [0.4, 0.5) is 5.69 Å². The normalized spacial score (nSPS) is 16.8. The molecule has 1 aromatic carbocycles. The molecule has 0 amide bonds. The van der Waals surface area contributed by atoms with Gasteiger partial charge in [-0.15, -0.1) is 0 Å². The number of nitro benzene ring substituents is 1. The number of ketones is 1. The van der Waals surface area contributed by atoms with E-state index in [0.29, 0.717) is 35.4 Å². The van der Waals surface area contributed by atoms with Crippen molar-refractivity contribution < 1.29 is 24.1 Å². The molecule has 0 aliphatic heterocycles. The molecule has 1 heterocycles. The summed E-state index contributed by atoms with van der Waals surface area (Å²) >= 11 is 0. The third kappa shape index (κ3) is 3.35. The largest absolute Gasteiger partial charge is 0.481 e. The minimum absolute atomic E-state index is 0.0157. The summed E-state index contributed by atoms with van der Waals surface area (Å²) in [5, 5.41) is 24.3. The summed E-state index contributed by atoms with van der Waals surface area (Å²) in [6.07, 6.45) is 0.901. The Labute approximate surface area is 149 Å². The van der Waals surface area contributed by atoms with Crippen LogP contribution in [0.15, 0.2) is 28.8 Å². The first-order chi connectivity index (χ1) is 12.2. The van der Waals surface area contributed by atoms with Gasteiger partial charge in [0.05, 0.1) is 22.1 Å². The molecule has 0 bridgehead atoms. The zero-order valence-electron chi connectivity index (χ0n) is 14.4. The summed E-state index contributed by atoms with van der Waals surface area (Å²) in [6.45, 7) is 3.93. The minimum atomic E-state index is -1.10. The molecule has 1 unspecified atom stereocenters. The molecule has 0 fully saturated rings. The lowest BCUT2D eigenvalue weighted by Crippen LogP contribution is -2.27. The van der Waals surface area contributed by atoms with Crippen molar-refractivity contribution in [3.63, 3.8) is 0 Å². The Hall–Kier alpha value is -3.03. The van der Waals surface area contributed by atoms with Crippen molar-refractivity contribution in [1.82, 2.24) is 5.16 Å². The van der Waals surface area contributed by atoms with E-state index in [9.17, 15) is 24.8 Å². The van der Waals surface area contributed by atoms with Gasteiger partial charge in [0.25, 0.3) is 5.69 Å². The monoisotopic (exact) mass is 358 g/mol. The van der Waals surface area contributed by atoms with Crippen LogP contribution in [0.3, 0.4) is 0 Å². The second-order valence-electron chi connectivity index (χ2n) is 7.31. The number of fused-ring (bicyclic) bond motifs is 1. The number of rotatable bonds is 5. The van der Waals surface area contributed by atoms with E-state index in [4.69, 9.17) is 4.52 Å². The van der Waals surface area contributed by atoms with Crippen LogP contribution < -0.4 is 0 Å². The minimum Gasteiger partial charge on any atom is -0.481 e. The van der Waals surface area contributed by atoms with Crippen LogP contribution in [0.2, 0.25) is 0 Å². The number of nitro groups is 1. The van der Waals surface area contributed by atoms with Crippen LogP contribution in [0.25, 0.3) is 0 Å². The van der Waals surface area contributed by atoms with Crippen molar-refractivity contribution >= 4 is 17.4 Å². The summed E-state index contributed by atoms with van der Waals surface area (Å²) < 4.78 is 5.31. The summed E-state index contributed by atoms with van der Waals surface area (Å²) in [5.41, 5.74) is 0.784. The van der Waals surface area contributed by atoms with Crippen LogP contribution in [0.1, 0.15) is 53.6 Å². The van der Waals surface area contributed by atoms with Gasteiger partial charge in [0.2, 0.25) is 0 Å². The predicted octanol–water partition coefficient (Wildman–Crippen LogP) is 3.15. The number of hydrogen-bond donors (Lipinski definition) is 1. The maximum atomic E-state index is 12.5. The van der Waals surface area contributed by atoms with Gasteiger partial charge in [-0.3, -0.25) is 19.7 Å². The third-order valence-corrected chi connectivity index (χ3v) is 4.59. The molecule has 0 saturated carbocycles. The van der Waals surface area contributed by atoms with Gasteiger partial charge in [-0.2, -0.15) is 0 Å². The molecule has 0 saturated heterocycles. The molecule has 0 spiro atoms. The van der Waals surface area contributed by atoms with Gasteiger partial charge in [-0.1, -0.05) is 31.1 Å². The van der Waals surface area contributed by atoms with Crippen molar-refractivity contribution in [2.75, 3.05) is 0 Å². The van der Waals surface area contributed by atoms with Gasteiger partial charge in [0.1, 0.15) is 5.76 Å². The second-order valence-corrected chi connectivity index (χ2v) is 7.31. The van der Waals surface area contributed by atoms with Crippen molar-refractivity contribution in [2.45, 2.75) is 39.0 Å². The maximum Gasteiger partial charge on any atom is 0.311 e. The van der Waals surface area contributed by atoms with E-state index in [1.54, 1.807) is 0 Å². The fourth-order valence-electron chi connectivity index (χ4n) is 3.33. The van der Waals surface area contributed by atoms with Gasteiger partial charge < -0.3 is 9.63 Å². The fourth-order valence-corrected chi connectivity index (χ4v) is 3.33. The number of carboxylic acid groups (broad SMARTS) is 1. The van der Waals surface area contributed by atoms with Crippen LogP contribution in [-0.4, -0.2) is 26.9 Å². The number of carboxylic acids is 1. The highest BCUT2D eigenvalue weighted by Crippen LogP contribution is 2.37. The maximum absolute atomic E-state index is 12.5. The number of hydrogen-bond acceptors (Lipinski definition) is 6. The molecule has 136 valence electrons. The molecule has 1 aliphatic carbocycles. The molecular weight excluding hydrogens is 340 g/mol. The van der Waals surface area contributed by atoms with Crippen molar-refractivity contribution in [3.8, 4) is 0 Å². The summed E-state index contributed by atoms with van der Waals surface area (Å²) in [5.74, 6) is -1.68. The number of benzene rings is 1. The zero-order valence-corrected chi connectivity index (χ0v) is 14.4. The molecular formula is C18H18N2O6. The highest BCUT2D eigenvalue weighted by atomic mass is 16.6. The van der Waals surface area contributed by atoms with E-state index in [2.05, 4.69) is 5.16 Å². The average Bonchev–Trinajstić information content (AvgIpc) is 2.94. The lowest BCUT2D eigenvalue weighted by atomic mass is 9.75. The molecule has 1 atom stereocenters. The number of aliphatic carboxylic acids is 1. The van der Waals surface area contributed by atoms with Crippen LogP contribution >= 0.6 is 0 Å². The molecule has 26 heavy (non-hydrogen) atoms. The van der Waals surface area contributed by atoms with Gasteiger partial charge >= 0.3 is 5.97 Å². The van der Waals surface area contributed by atoms with Gasteiger partial charge in [0, 0.05) is 31.4 Å². The Morgan fingerprint density at radius 3 is 2.58 bits per heavy atom. The number of carbonyl (C=O) groups excluding carboxylic acids is 1. The topological polar surface area (TPSA) is 124 Å². The zero-order chi connectivity index (χ0) is 19.1. The van der Waals surface area contributed by atoms with Crippen LogP contribution in [-0.2, 0) is 17.6 Å². The van der Waals surface area contributed by atoms with E-state index in [0.717, 1.165) is 0 Å². The standard InChI is InChI=1S/C18H18N2O6/c1-18(2)8-14(21)16-13(19-26-15(16)9-18)7-12(17(22)23)10-3-5-11(6-4-10)20(24)25/h3-6,12H,7-9H2,1-2H3,(H,22,23). The Bertz CT molecular complexity index is 882. The van der Waals surface area contributed by atoms with E-state index in [1.165, 1.54) is 24.3 Å². The Morgan fingerprint density at radius 1 is 1.35 bits per heavy atom. The van der Waals surface area contributed by atoms with Gasteiger partial charge in [0.15, 0.2) is 5.78 Å². The fraction of sp³-hybridized carbons (Fsp3) is 0.389. The number of aromatic nitrogens is 1. The third-order valence-electron chi connectivity index (χ3n) is 4.59. The average molecular weight is 358 g/mol. The second kappa shape index (κ2) is 6.36. The SMILES string of the molecule is CC1(C)CC(=O)c2c(CC(C(=O)O)c3ccc([N+](=O)[O-])cc3)noc2C1. The van der Waals surface area contributed by atoms with E-state index < -0.39 is 16.8 Å². The van der Waals surface area contributed by atoms with E-state index in [1.807, 2.05) is 13.8 Å². The number of carbonyl (C=O) groups is 2.